The predicted octanol–water partition coefficient (Wildman–Crippen LogP) is 2.47. The fraction of sp³-hybridized carbons (Fsp3) is 0.900. The number of hydrogen-bond donors (Lipinski definition) is 1. The van der Waals surface area contributed by atoms with Gasteiger partial charge >= 0.3 is 0 Å². The molecule has 0 bridgehead atoms. The van der Waals surface area contributed by atoms with Crippen molar-refractivity contribution in [2.24, 2.45) is 5.41 Å². The summed E-state index contributed by atoms with van der Waals surface area (Å²) in [4.78, 5) is 11.3. The highest BCUT2D eigenvalue weighted by molar-refractivity contribution is 9.09. The van der Waals surface area contributed by atoms with Crippen LogP contribution in [0.2, 0.25) is 0 Å². The molecule has 1 N–H and O–H groups in total. The van der Waals surface area contributed by atoms with Crippen LogP contribution in [0.5, 0.6) is 0 Å². The molecule has 0 aliphatic heterocycles. The standard InChI is InChI=1S/C10H18BrNO/c1-10(2)7-8(10)12-9(13)5-3-4-6-11/h8H,3-7H2,1-2H3,(H,12,13). The van der Waals surface area contributed by atoms with Gasteiger partial charge in [0.2, 0.25) is 5.91 Å². The number of alkyl halides is 1. The van der Waals surface area contributed by atoms with Crippen molar-refractivity contribution < 1.29 is 4.79 Å². The number of rotatable bonds is 5. The Hall–Kier alpha value is -0.0500. The third kappa shape index (κ3) is 3.67. The number of unbranched alkanes of at least 4 members (excludes halogenated alkanes) is 1. The van der Waals surface area contributed by atoms with E-state index in [1.165, 1.54) is 0 Å². The molecule has 1 aliphatic carbocycles. The average Bonchev–Trinajstić information content (AvgIpc) is 2.59. The normalized spacial score (nSPS) is 24.1. The minimum absolute atomic E-state index is 0.219. The summed E-state index contributed by atoms with van der Waals surface area (Å²) < 4.78 is 0. The minimum atomic E-state index is 0.219. The highest BCUT2D eigenvalue weighted by atomic mass is 79.9. The van der Waals surface area contributed by atoms with Crippen molar-refractivity contribution in [3.8, 4) is 0 Å². The van der Waals surface area contributed by atoms with E-state index in [0.29, 0.717) is 17.9 Å². The Bertz CT molecular complexity index is 191. The molecule has 0 radical (unpaired) electrons. The quantitative estimate of drug-likeness (QED) is 0.587. The first-order valence-corrected chi connectivity index (χ1v) is 6.04. The molecule has 0 spiro atoms. The maximum absolute atomic E-state index is 11.3. The molecule has 1 unspecified atom stereocenters. The van der Waals surface area contributed by atoms with Crippen LogP contribution in [0.25, 0.3) is 0 Å². The highest BCUT2D eigenvalue weighted by Gasteiger charge is 2.46. The van der Waals surface area contributed by atoms with Crippen LogP contribution in [-0.4, -0.2) is 17.3 Å². The molecule has 0 aromatic rings. The number of halogens is 1. The van der Waals surface area contributed by atoms with E-state index in [0.717, 1.165) is 24.6 Å². The van der Waals surface area contributed by atoms with E-state index in [4.69, 9.17) is 0 Å². The van der Waals surface area contributed by atoms with E-state index in [-0.39, 0.29) is 5.91 Å². The Balaban J connectivity index is 2.06. The molecule has 1 saturated carbocycles. The van der Waals surface area contributed by atoms with Gasteiger partial charge in [-0.15, -0.1) is 0 Å². The molecule has 1 atom stereocenters. The zero-order chi connectivity index (χ0) is 9.90. The minimum Gasteiger partial charge on any atom is -0.353 e. The Morgan fingerprint density at radius 1 is 1.54 bits per heavy atom. The van der Waals surface area contributed by atoms with Gasteiger partial charge in [0.25, 0.3) is 0 Å². The van der Waals surface area contributed by atoms with Gasteiger partial charge < -0.3 is 5.32 Å². The number of hydrogen-bond acceptors (Lipinski definition) is 1. The lowest BCUT2D eigenvalue weighted by atomic mass is 10.2. The molecule has 1 amide bonds. The monoisotopic (exact) mass is 247 g/mol. The summed E-state index contributed by atoms with van der Waals surface area (Å²) in [6.07, 6.45) is 3.89. The summed E-state index contributed by atoms with van der Waals surface area (Å²) in [5.74, 6) is 0.219. The van der Waals surface area contributed by atoms with Crippen LogP contribution >= 0.6 is 15.9 Å². The van der Waals surface area contributed by atoms with E-state index in [9.17, 15) is 4.79 Å². The molecule has 1 aliphatic rings. The van der Waals surface area contributed by atoms with E-state index >= 15 is 0 Å². The highest BCUT2D eigenvalue weighted by Crippen LogP contribution is 2.44. The van der Waals surface area contributed by atoms with E-state index in [2.05, 4.69) is 35.1 Å². The number of carbonyl (C=O) groups is 1. The molecule has 13 heavy (non-hydrogen) atoms. The molecule has 2 nitrogen and oxygen atoms in total. The summed E-state index contributed by atoms with van der Waals surface area (Å²) in [6.45, 7) is 4.38. The molecule has 0 aromatic carbocycles. The summed E-state index contributed by atoms with van der Waals surface area (Å²) in [5, 5.41) is 4.04. The average molecular weight is 248 g/mol. The van der Waals surface area contributed by atoms with Crippen molar-refractivity contribution in [3.05, 3.63) is 0 Å². The fourth-order valence-corrected chi connectivity index (χ4v) is 1.76. The van der Waals surface area contributed by atoms with Gasteiger partial charge in [-0.2, -0.15) is 0 Å². The van der Waals surface area contributed by atoms with Crippen molar-refractivity contribution in [2.75, 3.05) is 5.33 Å². The van der Waals surface area contributed by atoms with E-state index < -0.39 is 0 Å². The van der Waals surface area contributed by atoms with Gasteiger partial charge in [0.05, 0.1) is 0 Å². The molecule has 1 fully saturated rings. The van der Waals surface area contributed by atoms with Crippen LogP contribution in [0, 0.1) is 5.41 Å². The number of amides is 1. The number of carbonyl (C=O) groups excluding carboxylic acids is 1. The topological polar surface area (TPSA) is 29.1 Å². The van der Waals surface area contributed by atoms with Gasteiger partial charge in [-0.3, -0.25) is 4.79 Å². The third-order valence-corrected chi connectivity index (χ3v) is 3.20. The molecule has 1 rings (SSSR count). The Morgan fingerprint density at radius 2 is 2.15 bits per heavy atom. The fourth-order valence-electron chi connectivity index (χ4n) is 1.36. The Kier molecular flexibility index (Phi) is 3.77. The lowest BCUT2D eigenvalue weighted by molar-refractivity contribution is -0.121. The second-order valence-corrected chi connectivity index (χ2v) is 5.25. The summed E-state index contributed by atoms with van der Waals surface area (Å²) >= 11 is 3.35. The Labute approximate surface area is 88.6 Å². The smallest absolute Gasteiger partial charge is 0.220 e. The van der Waals surface area contributed by atoms with Crippen molar-refractivity contribution in [1.29, 1.82) is 0 Å². The van der Waals surface area contributed by atoms with Crippen molar-refractivity contribution in [3.63, 3.8) is 0 Å². The molecule has 0 saturated heterocycles. The SMILES string of the molecule is CC1(C)CC1NC(=O)CCCCBr. The molecular formula is C10H18BrNO. The second-order valence-electron chi connectivity index (χ2n) is 4.46. The maximum atomic E-state index is 11.3. The van der Waals surface area contributed by atoms with Gasteiger partial charge in [-0.25, -0.2) is 0 Å². The van der Waals surface area contributed by atoms with Crippen molar-refractivity contribution in [2.45, 2.75) is 45.6 Å². The molecule has 0 aromatic heterocycles. The van der Waals surface area contributed by atoms with Gasteiger partial charge in [0.1, 0.15) is 0 Å². The summed E-state index contributed by atoms with van der Waals surface area (Å²) in [6, 6.07) is 0.434. The van der Waals surface area contributed by atoms with Crippen LogP contribution in [0.4, 0.5) is 0 Å². The van der Waals surface area contributed by atoms with Crippen LogP contribution < -0.4 is 5.32 Å². The summed E-state index contributed by atoms with van der Waals surface area (Å²) in [7, 11) is 0. The maximum Gasteiger partial charge on any atom is 0.220 e. The van der Waals surface area contributed by atoms with Crippen LogP contribution in [0.15, 0.2) is 0 Å². The van der Waals surface area contributed by atoms with Crippen LogP contribution in [-0.2, 0) is 4.79 Å². The first kappa shape index (κ1) is 11.0. The Morgan fingerprint density at radius 3 is 2.62 bits per heavy atom. The largest absolute Gasteiger partial charge is 0.353 e. The predicted molar refractivity (Wildman–Crippen MR) is 58.0 cm³/mol. The van der Waals surface area contributed by atoms with Gasteiger partial charge in [-0.1, -0.05) is 29.8 Å². The molecule has 0 heterocycles. The molecule has 3 heteroatoms. The lowest BCUT2D eigenvalue weighted by Crippen LogP contribution is -2.27. The van der Waals surface area contributed by atoms with Gasteiger partial charge in [0, 0.05) is 17.8 Å². The third-order valence-electron chi connectivity index (χ3n) is 2.64. The van der Waals surface area contributed by atoms with Crippen molar-refractivity contribution in [1.82, 2.24) is 5.32 Å². The summed E-state index contributed by atoms with van der Waals surface area (Å²) in [5.41, 5.74) is 0.352. The van der Waals surface area contributed by atoms with Crippen molar-refractivity contribution >= 4 is 21.8 Å². The first-order valence-electron chi connectivity index (χ1n) is 4.91. The van der Waals surface area contributed by atoms with Gasteiger partial charge in [0.15, 0.2) is 0 Å². The molecular weight excluding hydrogens is 230 g/mol. The van der Waals surface area contributed by atoms with E-state index in [1.54, 1.807) is 0 Å². The second kappa shape index (κ2) is 4.45. The van der Waals surface area contributed by atoms with Crippen LogP contribution in [0.3, 0.4) is 0 Å². The first-order chi connectivity index (χ1) is 6.06. The van der Waals surface area contributed by atoms with Crippen LogP contribution in [0.1, 0.15) is 39.5 Å². The lowest BCUT2D eigenvalue weighted by Gasteiger charge is -2.05. The zero-order valence-electron chi connectivity index (χ0n) is 8.40. The number of nitrogens with one attached hydrogen (secondary N) is 1. The van der Waals surface area contributed by atoms with E-state index in [1.807, 2.05) is 0 Å². The molecule has 76 valence electrons. The zero-order valence-corrected chi connectivity index (χ0v) is 9.99. The van der Waals surface area contributed by atoms with Gasteiger partial charge in [-0.05, 0) is 24.7 Å².